The Labute approximate surface area is 193 Å². The van der Waals surface area contributed by atoms with E-state index in [4.69, 9.17) is 0 Å². The molecule has 2 heterocycles. The van der Waals surface area contributed by atoms with Crippen LogP contribution in [0, 0.1) is 52.8 Å². The summed E-state index contributed by atoms with van der Waals surface area (Å²) < 4.78 is 0.0684. The van der Waals surface area contributed by atoms with Crippen molar-refractivity contribution in [3.63, 3.8) is 0 Å². The molecule has 4 aliphatic carbocycles. The van der Waals surface area contributed by atoms with Crippen molar-refractivity contribution in [3.8, 4) is 0 Å². The molecule has 0 spiro atoms. The molecule has 0 aromatic heterocycles. The molecule has 2 aliphatic heterocycles. The van der Waals surface area contributed by atoms with E-state index in [0.29, 0.717) is 54.1 Å². The number of carbonyl (C=O) groups excluding carboxylic acids is 1. The first-order valence-corrected chi connectivity index (χ1v) is 13.6. The quantitative estimate of drug-likeness (QED) is 0.495. The van der Waals surface area contributed by atoms with Crippen LogP contribution in [0.25, 0.3) is 0 Å². The highest BCUT2D eigenvalue weighted by atomic mass is 16.6. The lowest BCUT2D eigenvalue weighted by atomic mass is 9.51. The average Bonchev–Trinajstić information content (AvgIpc) is 3.08. The van der Waals surface area contributed by atoms with E-state index in [9.17, 15) is 20.2 Å². The van der Waals surface area contributed by atoms with Crippen molar-refractivity contribution < 1.29 is 24.9 Å². The zero-order valence-corrected chi connectivity index (χ0v) is 20.2. The van der Waals surface area contributed by atoms with Gasteiger partial charge in [0.25, 0.3) is 0 Å². The second-order valence-corrected chi connectivity index (χ2v) is 13.6. The zero-order chi connectivity index (χ0) is 22.6. The highest BCUT2D eigenvalue weighted by Gasteiger charge is 2.68. The Morgan fingerprint density at radius 1 is 0.906 bits per heavy atom. The molecule has 180 valence electrons. The molecule has 13 atom stereocenters. The number of rotatable bonds is 0. The highest BCUT2D eigenvalue weighted by Crippen LogP contribution is 2.67. The molecule has 5 heteroatoms. The molecule has 6 fully saturated rings. The molecule has 4 saturated carbocycles. The van der Waals surface area contributed by atoms with E-state index in [1.54, 1.807) is 0 Å². The molecule has 0 radical (unpaired) electrons. The maximum absolute atomic E-state index is 13.3. The molecule has 0 aromatic rings. The predicted molar refractivity (Wildman–Crippen MR) is 120 cm³/mol. The van der Waals surface area contributed by atoms with Crippen LogP contribution in [0.4, 0.5) is 0 Å². The summed E-state index contributed by atoms with van der Waals surface area (Å²) >= 11 is 0. The summed E-state index contributed by atoms with van der Waals surface area (Å²) in [7, 11) is 0. The van der Waals surface area contributed by atoms with Crippen LogP contribution in [0.1, 0.15) is 78.6 Å². The number of nitrogens with zero attached hydrogens (tertiary/aromatic N) is 1. The number of hydroxylamine groups is 3. The summed E-state index contributed by atoms with van der Waals surface area (Å²) in [4.78, 5) is 13.3. The van der Waals surface area contributed by atoms with Crippen molar-refractivity contribution in [2.75, 3.05) is 13.1 Å². The Kier molecular flexibility index (Phi) is 4.83. The van der Waals surface area contributed by atoms with Crippen molar-refractivity contribution >= 4 is 5.78 Å². The van der Waals surface area contributed by atoms with Crippen LogP contribution in [0.15, 0.2) is 0 Å². The van der Waals surface area contributed by atoms with E-state index in [0.717, 1.165) is 58.0 Å². The Morgan fingerprint density at radius 3 is 2.47 bits per heavy atom. The summed E-state index contributed by atoms with van der Waals surface area (Å²) in [6.45, 7) is 8.19. The molecule has 0 bridgehead atoms. The maximum Gasteiger partial charge on any atom is 0.148 e. The van der Waals surface area contributed by atoms with Crippen molar-refractivity contribution in [1.82, 2.24) is 0 Å². The van der Waals surface area contributed by atoms with Crippen LogP contribution >= 0.6 is 0 Å². The van der Waals surface area contributed by atoms with Crippen LogP contribution < -0.4 is 0 Å². The Balaban J connectivity index is 1.33. The van der Waals surface area contributed by atoms with Crippen molar-refractivity contribution in [2.24, 2.45) is 52.8 Å². The number of fused-ring (bicyclic) bond motifs is 8. The molecule has 6 rings (SSSR count). The second-order valence-electron chi connectivity index (χ2n) is 13.6. The largest absolute Gasteiger partial charge is 0.393 e. The van der Waals surface area contributed by atoms with Gasteiger partial charge in [0.15, 0.2) is 0 Å². The summed E-state index contributed by atoms with van der Waals surface area (Å²) in [5.74, 6) is 3.67. The number of aliphatic hydroxyl groups is 2. The van der Waals surface area contributed by atoms with Gasteiger partial charge in [0.1, 0.15) is 30.5 Å². The lowest BCUT2D eigenvalue weighted by Crippen LogP contribution is -2.74. The molecular weight excluding hydrogens is 402 g/mol. The third-order valence-corrected chi connectivity index (χ3v) is 12.1. The third kappa shape index (κ3) is 2.86. The molecule has 5 nitrogen and oxygen atoms in total. The summed E-state index contributed by atoms with van der Waals surface area (Å²) in [5, 5.41) is 34.0. The van der Waals surface area contributed by atoms with Gasteiger partial charge in [-0.2, -0.15) is 4.65 Å². The fourth-order valence-electron chi connectivity index (χ4n) is 10.8. The summed E-state index contributed by atoms with van der Waals surface area (Å²) in [5.41, 5.74) is -0.787. The molecule has 6 aliphatic rings. The first-order valence-electron chi connectivity index (χ1n) is 13.6. The van der Waals surface area contributed by atoms with E-state index in [2.05, 4.69) is 13.8 Å². The van der Waals surface area contributed by atoms with Gasteiger partial charge in [0.2, 0.25) is 0 Å². The first-order chi connectivity index (χ1) is 15.0. The number of carbonyl (C=O) groups is 1. The van der Waals surface area contributed by atoms with Crippen molar-refractivity contribution in [1.29, 1.82) is 0 Å². The van der Waals surface area contributed by atoms with Crippen molar-refractivity contribution in [2.45, 2.75) is 96.3 Å². The van der Waals surface area contributed by atoms with Gasteiger partial charge in [0.05, 0.1) is 6.10 Å². The second kappa shape index (κ2) is 7.02. The van der Waals surface area contributed by atoms with Crippen LogP contribution in [0.5, 0.6) is 0 Å². The highest BCUT2D eigenvalue weighted by molar-refractivity contribution is 5.83. The monoisotopic (exact) mass is 446 g/mol. The van der Waals surface area contributed by atoms with Gasteiger partial charge in [-0.15, -0.1) is 0 Å². The number of aliphatic hydroxyl groups excluding tert-OH is 1. The van der Waals surface area contributed by atoms with Gasteiger partial charge >= 0.3 is 0 Å². The number of hydrogen-bond acceptors (Lipinski definition) is 4. The van der Waals surface area contributed by atoms with Crippen LogP contribution in [0.2, 0.25) is 0 Å². The first kappa shape index (κ1) is 22.0. The predicted octanol–water partition coefficient (Wildman–Crippen LogP) is 3.79. The zero-order valence-electron chi connectivity index (χ0n) is 20.2. The molecule has 0 aromatic carbocycles. The molecular formula is C27H44NO4+. The fourth-order valence-corrected chi connectivity index (χ4v) is 10.8. The standard InChI is InChI=1S/C27H44NO4/c1-15-4-7-25-27(3,31)21-6-5-17-18(20(21)14-28(25,32)13-15)11-22-19(17)12-24(30)23-10-16(29)8-9-26(22,23)2/h15-23,25,29,31-32H,4-14H2,1-3H3/q+1/t15-,16+,17-,18-,19-,20+,21-,22+,23-,25+,26-,27+,28?/m1/s1. The fraction of sp³-hybridized carbons (Fsp3) is 0.963. The summed E-state index contributed by atoms with van der Waals surface area (Å²) in [6, 6.07) is -0.0523. The number of piperidine rings is 2. The third-order valence-electron chi connectivity index (χ3n) is 12.1. The van der Waals surface area contributed by atoms with Gasteiger partial charge < -0.3 is 10.2 Å². The molecule has 0 amide bonds. The normalized spacial score (nSPS) is 61.8. The van der Waals surface area contributed by atoms with E-state index in [-0.39, 0.29) is 34.0 Å². The molecule has 2 saturated heterocycles. The number of hydrogen-bond donors (Lipinski definition) is 3. The van der Waals surface area contributed by atoms with Crippen LogP contribution in [0.3, 0.4) is 0 Å². The topological polar surface area (TPSA) is 77.8 Å². The number of quaternary nitrogens is 1. The lowest BCUT2D eigenvalue weighted by molar-refractivity contribution is -1.14. The minimum absolute atomic E-state index is 0.0247. The lowest BCUT2D eigenvalue weighted by Gasteiger charge is -2.60. The Hall–Kier alpha value is -0.490. The minimum Gasteiger partial charge on any atom is -0.393 e. The van der Waals surface area contributed by atoms with E-state index >= 15 is 0 Å². The van der Waals surface area contributed by atoms with Crippen LogP contribution in [-0.4, -0.2) is 56.7 Å². The van der Waals surface area contributed by atoms with Crippen molar-refractivity contribution in [3.05, 3.63) is 0 Å². The minimum atomic E-state index is -0.812. The van der Waals surface area contributed by atoms with Gasteiger partial charge in [-0.05, 0) is 81.0 Å². The van der Waals surface area contributed by atoms with Crippen LogP contribution in [-0.2, 0) is 4.79 Å². The molecule has 1 unspecified atom stereocenters. The maximum atomic E-state index is 13.3. The SMILES string of the molecule is C[C@@H]1CC[C@H]2[C@@](C)(O)[C@@H]3CC[C@@H]4[C@@H](C[C@H]5[C@@H]4CC(=O)[C@H]4C[C@@H](O)CC[C@@]45C)[C@@H]3C[N+]2(O)C1. The van der Waals surface area contributed by atoms with Gasteiger partial charge in [-0.1, -0.05) is 13.8 Å². The Morgan fingerprint density at radius 2 is 1.69 bits per heavy atom. The average molecular weight is 447 g/mol. The van der Waals surface area contributed by atoms with Gasteiger partial charge in [0, 0.05) is 36.5 Å². The van der Waals surface area contributed by atoms with E-state index in [1.807, 2.05) is 6.92 Å². The number of Topliss-reactive ketones (excluding diaryl/α,β-unsaturated/α-hetero) is 1. The van der Waals surface area contributed by atoms with Gasteiger partial charge in [-0.3, -0.25) is 4.79 Å². The molecule has 32 heavy (non-hydrogen) atoms. The summed E-state index contributed by atoms with van der Waals surface area (Å²) in [6.07, 6.45) is 8.19. The molecule has 3 N–H and O–H groups in total. The number of ketones is 1. The Bertz CT molecular complexity index is 794. The van der Waals surface area contributed by atoms with Gasteiger partial charge in [-0.25, -0.2) is 5.21 Å². The van der Waals surface area contributed by atoms with E-state index < -0.39 is 5.60 Å². The van der Waals surface area contributed by atoms with E-state index in [1.165, 1.54) is 0 Å². The smallest absolute Gasteiger partial charge is 0.148 e.